The van der Waals surface area contributed by atoms with Crippen LogP contribution in [0.25, 0.3) is 0 Å². The van der Waals surface area contributed by atoms with Gasteiger partial charge in [0.1, 0.15) is 5.82 Å². The van der Waals surface area contributed by atoms with Gasteiger partial charge in [-0.25, -0.2) is 4.98 Å². The van der Waals surface area contributed by atoms with Crippen LogP contribution in [0.15, 0.2) is 35.8 Å². The third-order valence-electron chi connectivity index (χ3n) is 5.76. The molecule has 2 aliphatic rings. The molecule has 5 nitrogen and oxygen atoms in total. The summed E-state index contributed by atoms with van der Waals surface area (Å²) in [6.45, 7) is 5.81. The summed E-state index contributed by atoms with van der Waals surface area (Å²) < 4.78 is 5.80. The summed E-state index contributed by atoms with van der Waals surface area (Å²) in [7, 11) is 0. The second kappa shape index (κ2) is 8.62. The van der Waals surface area contributed by atoms with E-state index in [2.05, 4.69) is 46.6 Å². The molecule has 2 aromatic rings. The Morgan fingerprint density at radius 3 is 2.57 bits per heavy atom. The monoisotopic (exact) mass is 399 g/mol. The van der Waals surface area contributed by atoms with Gasteiger partial charge in [-0.2, -0.15) is 0 Å². The number of carbonyl (C=O) groups excluding carboxylic acids is 1. The number of rotatable bonds is 5. The molecule has 1 saturated heterocycles. The van der Waals surface area contributed by atoms with Crippen LogP contribution >= 0.6 is 11.3 Å². The van der Waals surface area contributed by atoms with Crippen LogP contribution < -0.4 is 10.2 Å². The van der Waals surface area contributed by atoms with Gasteiger partial charge in [0.2, 0.25) is 0 Å². The van der Waals surface area contributed by atoms with Crippen LogP contribution in [0.5, 0.6) is 0 Å². The molecule has 1 amide bonds. The van der Waals surface area contributed by atoms with E-state index < -0.39 is 0 Å². The van der Waals surface area contributed by atoms with Gasteiger partial charge in [-0.15, -0.1) is 11.3 Å². The van der Waals surface area contributed by atoms with Crippen molar-refractivity contribution in [3.63, 3.8) is 0 Å². The Labute approximate surface area is 171 Å². The first-order chi connectivity index (χ1) is 13.6. The normalized spacial score (nSPS) is 24.3. The molecular formula is C22H29N3O2S. The Morgan fingerprint density at radius 1 is 1.21 bits per heavy atom. The number of hydrogen-bond acceptors (Lipinski definition) is 5. The summed E-state index contributed by atoms with van der Waals surface area (Å²) >= 11 is 1.73. The molecule has 4 rings (SSSR count). The molecule has 1 aliphatic heterocycles. The third kappa shape index (κ3) is 4.39. The Balaban J connectivity index is 1.45. The van der Waals surface area contributed by atoms with Gasteiger partial charge in [0.05, 0.1) is 23.8 Å². The predicted octanol–water partition coefficient (Wildman–Crippen LogP) is 4.42. The molecule has 0 radical (unpaired) electrons. The third-order valence-corrected chi connectivity index (χ3v) is 6.72. The number of aromatic nitrogens is 1. The van der Waals surface area contributed by atoms with Crippen molar-refractivity contribution in [3.8, 4) is 0 Å². The largest absolute Gasteiger partial charge is 0.372 e. The number of anilines is 1. The molecule has 1 N–H and O–H groups in total. The summed E-state index contributed by atoms with van der Waals surface area (Å²) in [6.07, 6.45) is 6.97. The van der Waals surface area contributed by atoms with Crippen molar-refractivity contribution < 1.29 is 9.53 Å². The average Bonchev–Trinajstić information content (AvgIpc) is 3.39. The fourth-order valence-electron chi connectivity index (χ4n) is 4.48. The summed E-state index contributed by atoms with van der Waals surface area (Å²) in [5.74, 6) is 1.41. The van der Waals surface area contributed by atoms with Crippen LogP contribution in [0.1, 0.15) is 60.8 Å². The summed E-state index contributed by atoms with van der Waals surface area (Å²) in [6, 6.07) is 8.15. The lowest BCUT2D eigenvalue weighted by molar-refractivity contribution is -0.00546. The van der Waals surface area contributed by atoms with E-state index in [1.54, 1.807) is 17.5 Å². The van der Waals surface area contributed by atoms with Crippen molar-refractivity contribution >= 4 is 23.1 Å². The zero-order valence-electron chi connectivity index (χ0n) is 16.6. The minimum atomic E-state index is -0.0342. The molecule has 0 aromatic carbocycles. The van der Waals surface area contributed by atoms with E-state index in [1.807, 2.05) is 12.1 Å². The molecule has 150 valence electrons. The average molecular weight is 400 g/mol. The van der Waals surface area contributed by atoms with Gasteiger partial charge in [-0.05, 0) is 56.2 Å². The Bertz CT molecular complexity index is 762. The number of ether oxygens (including phenoxy) is 1. The van der Waals surface area contributed by atoms with Crippen molar-refractivity contribution in [2.24, 2.45) is 5.92 Å². The SMILES string of the molecule is C[C@@H]1CN(c2ccc(C(=O)N[C@@H](c3cccs3)C3CCCC3)cn2)C[C@H](C)O1. The van der Waals surface area contributed by atoms with Gasteiger partial charge in [0, 0.05) is 24.2 Å². The van der Waals surface area contributed by atoms with Gasteiger partial charge in [0.25, 0.3) is 5.91 Å². The number of carbonyl (C=O) groups is 1. The summed E-state index contributed by atoms with van der Waals surface area (Å²) in [4.78, 5) is 21.0. The van der Waals surface area contributed by atoms with Crippen LogP contribution in [0.3, 0.4) is 0 Å². The lowest BCUT2D eigenvalue weighted by Crippen LogP contribution is -2.45. The number of pyridine rings is 1. The lowest BCUT2D eigenvalue weighted by Gasteiger charge is -2.36. The van der Waals surface area contributed by atoms with Crippen LogP contribution in [0.2, 0.25) is 0 Å². The number of amides is 1. The Morgan fingerprint density at radius 2 is 1.96 bits per heavy atom. The molecule has 6 heteroatoms. The van der Waals surface area contributed by atoms with E-state index >= 15 is 0 Å². The van der Waals surface area contributed by atoms with Crippen LogP contribution in [0.4, 0.5) is 5.82 Å². The van der Waals surface area contributed by atoms with E-state index in [0.717, 1.165) is 18.9 Å². The predicted molar refractivity (Wildman–Crippen MR) is 113 cm³/mol. The van der Waals surface area contributed by atoms with Gasteiger partial charge in [0.15, 0.2) is 0 Å². The highest BCUT2D eigenvalue weighted by atomic mass is 32.1. The molecule has 2 aromatic heterocycles. The van der Waals surface area contributed by atoms with Crippen LogP contribution in [-0.2, 0) is 4.74 Å². The van der Waals surface area contributed by atoms with Gasteiger partial charge in [-0.3, -0.25) is 4.79 Å². The zero-order valence-corrected chi connectivity index (χ0v) is 17.5. The van der Waals surface area contributed by atoms with Crippen molar-refractivity contribution in [3.05, 3.63) is 46.3 Å². The summed E-state index contributed by atoms with van der Waals surface area (Å²) in [5, 5.41) is 5.38. The highest BCUT2D eigenvalue weighted by Crippen LogP contribution is 2.37. The maximum atomic E-state index is 12.9. The molecule has 1 aliphatic carbocycles. The van der Waals surface area contributed by atoms with Crippen molar-refractivity contribution in [1.29, 1.82) is 0 Å². The van der Waals surface area contributed by atoms with Gasteiger partial charge in [-0.1, -0.05) is 18.9 Å². The minimum Gasteiger partial charge on any atom is -0.372 e. The fourth-order valence-corrected chi connectivity index (χ4v) is 5.35. The fraction of sp³-hybridized carbons (Fsp3) is 0.545. The highest BCUT2D eigenvalue weighted by Gasteiger charge is 2.29. The first-order valence-electron chi connectivity index (χ1n) is 10.3. The molecule has 2 fully saturated rings. The molecule has 0 unspecified atom stereocenters. The molecule has 0 bridgehead atoms. The summed E-state index contributed by atoms with van der Waals surface area (Å²) in [5.41, 5.74) is 0.623. The second-order valence-electron chi connectivity index (χ2n) is 8.08. The molecular weight excluding hydrogens is 370 g/mol. The Hall–Kier alpha value is -1.92. The molecule has 3 heterocycles. The second-order valence-corrected chi connectivity index (χ2v) is 9.06. The smallest absolute Gasteiger partial charge is 0.253 e. The topological polar surface area (TPSA) is 54.5 Å². The van der Waals surface area contributed by atoms with Crippen LogP contribution in [-0.4, -0.2) is 36.2 Å². The maximum Gasteiger partial charge on any atom is 0.253 e. The number of thiophene rings is 1. The molecule has 0 spiro atoms. The van der Waals surface area contributed by atoms with E-state index in [4.69, 9.17) is 4.74 Å². The van der Waals surface area contributed by atoms with Crippen LogP contribution in [0, 0.1) is 5.92 Å². The first-order valence-corrected chi connectivity index (χ1v) is 11.2. The van der Waals surface area contributed by atoms with E-state index in [9.17, 15) is 4.79 Å². The number of morpholine rings is 1. The number of nitrogens with one attached hydrogen (secondary N) is 1. The van der Waals surface area contributed by atoms with Crippen molar-refractivity contribution in [1.82, 2.24) is 10.3 Å². The highest BCUT2D eigenvalue weighted by molar-refractivity contribution is 7.10. The van der Waals surface area contributed by atoms with Crippen molar-refractivity contribution in [2.45, 2.75) is 57.8 Å². The number of hydrogen-bond donors (Lipinski definition) is 1. The van der Waals surface area contributed by atoms with Gasteiger partial charge < -0.3 is 15.0 Å². The minimum absolute atomic E-state index is 0.0342. The molecule has 1 saturated carbocycles. The number of nitrogens with zero attached hydrogens (tertiary/aromatic N) is 2. The van der Waals surface area contributed by atoms with E-state index in [0.29, 0.717) is 11.5 Å². The first kappa shape index (κ1) is 19.4. The van der Waals surface area contributed by atoms with E-state index in [1.165, 1.54) is 30.6 Å². The standard InChI is InChI=1S/C22H29N3O2S/c1-15-13-25(14-16(2)27-15)20-10-9-18(12-23-20)22(26)24-21(17-6-3-4-7-17)19-8-5-11-28-19/h5,8-12,15-17,21H,3-4,6-7,13-14H2,1-2H3,(H,24,26)/t15-,16+,21-/m1/s1. The quantitative estimate of drug-likeness (QED) is 0.809. The Kier molecular flexibility index (Phi) is 5.97. The molecule has 3 atom stereocenters. The zero-order chi connectivity index (χ0) is 19.5. The molecule has 28 heavy (non-hydrogen) atoms. The van der Waals surface area contributed by atoms with Gasteiger partial charge >= 0.3 is 0 Å². The van der Waals surface area contributed by atoms with Crippen molar-refractivity contribution in [2.75, 3.05) is 18.0 Å². The lowest BCUT2D eigenvalue weighted by atomic mass is 9.96. The maximum absolute atomic E-state index is 12.9. The van der Waals surface area contributed by atoms with E-state index in [-0.39, 0.29) is 24.2 Å².